The van der Waals surface area contributed by atoms with Crippen LogP contribution in [-0.2, 0) is 0 Å². The lowest BCUT2D eigenvalue weighted by molar-refractivity contribution is 0.166. The fourth-order valence-electron chi connectivity index (χ4n) is 3.71. The van der Waals surface area contributed by atoms with Gasteiger partial charge in [0.1, 0.15) is 0 Å². The van der Waals surface area contributed by atoms with E-state index in [0.29, 0.717) is 0 Å². The zero-order valence-electron chi connectivity index (χ0n) is 10.6. The van der Waals surface area contributed by atoms with Crippen LogP contribution in [0.4, 0.5) is 0 Å². The normalized spacial score (nSPS) is 30.6. The molecule has 1 nitrogen and oxygen atoms in total. The molecule has 17 heavy (non-hydrogen) atoms. The Balaban J connectivity index is 1.80. The molecule has 2 atom stereocenters. The van der Waals surface area contributed by atoms with E-state index in [2.05, 4.69) is 35.2 Å². The maximum absolute atomic E-state index is 2.76. The van der Waals surface area contributed by atoms with Crippen LogP contribution >= 0.6 is 0 Å². The Labute approximate surface area is 105 Å². The summed E-state index contributed by atoms with van der Waals surface area (Å²) in [6, 6.07) is 12.0. The molecule has 1 aliphatic heterocycles. The molecule has 2 fully saturated rings. The molecule has 0 bridgehead atoms. The minimum atomic E-state index is 0.794. The van der Waals surface area contributed by atoms with Gasteiger partial charge in [-0.05, 0) is 50.3 Å². The zero-order chi connectivity index (χ0) is 11.5. The van der Waals surface area contributed by atoms with E-state index < -0.39 is 0 Å². The maximum Gasteiger partial charge on any atom is 0.0164 e. The number of benzene rings is 1. The largest absolute Gasteiger partial charge is 0.300 e. The molecule has 1 heteroatoms. The molecule has 92 valence electrons. The summed E-state index contributed by atoms with van der Waals surface area (Å²) < 4.78 is 0. The van der Waals surface area contributed by atoms with E-state index in [-0.39, 0.29) is 0 Å². The van der Waals surface area contributed by atoms with Gasteiger partial charge in [0.05, 0.1) is 0 Å². The maximum atomic E-state index is 2.76. The summed E-state index contributed by atoms with van der Waals surface area (Å²) in [7, 11) is 0. The molecular formula is C16H23N. The van der Waals surface area contributed by atoms with Crippen LogP contribution in [0.25, 0.3) is 0 Å². The van der Waals surface area contributed by atoms with Crippen LogP contribution in [0, 0.1) is 0 Å². The average molecular weight is 229 g/mol. The summed E-state index contributed by atoms with van der Waals surface area (Å²) in [6.45, 7) is 2.68. The molecule has 1 heterocycles. The molecule has 1 saturated carbocycles. The molecule has 1 saturated heterocycles. The number of nitrogens with zero attached hydrogens (tertiary/aromatic N) is 1. The summed E-state index contributed by atoms with van der Waals surface area (Å²) >= 11 is 0. The Kier molecular flexibility index (Phi) is 3.46. The minimum Gasteiger partial charge on any atom is -0.300 e. The van der Waals surface area contributed by atoms with Gasteiger partial charge in [-0.3, -0.25) is 4.90 Å². The third-order valence-corrected chi connectivity index (χ3v) is 4.57. The van der Waals surface area contributed by atoms with Crippen molar-refractivity contribution < 1.29 is 0 Å². The van der Waals surface area contributed by atoms with Gasteiger partial charge in [0.15, 0.2) is 0 Å². The Bertz CT molecular complexity index is 340. The highest BCUT2D eigenvalue weighted by Gasteiger charge is 2.32. The smallest absolute Gasteiger partial charge is 0.0164 e. The Morgan fingerprint density at radius 3 is 2.29 bits per heavy atom. The summed E-state index contributed by atoms with van der Waals surface area (Å²) in [5.41, 5.74) is 1.57. The topological polar surface area (TPSA) is 3.24 Å². The molecule has 1 aromatic carbocycles. The summed E-state index contributed by atoms with van der Waals surface area (Å²) in [4.78, 5) is 2.76. The van der Waals surface area contributed by atoms with Crippen molar-refractivity contribution in [2.45, 2.75) is 50.5 Å². The van der Waals surface area contributed by atoms with Crippen molar-refractivity contribution in [3.63, 3.8) is 0 Å². The van der Waals surface area contributed by atoms with Crippen molar-refractivity contribution in [1.29, 1.82) is 0 Å². The number of hydrogen-bond acceptors (Lipinski definition) is 1. The average Bonchev–Trinajstić information content (AvgIpc) is 2.94. The van der Waals surface area contributed by atoms with Gasteiger partial charge in [0.2, 0.25) is 0 Å². The van der Waals surface area contributed by atoms with Gasteiger partial charge in [-0.25, -0.2) is 0 Å². The lowest BCUT2D eigenvalue weighted by Crippen LogP contribution is -2.39. The molecule has 1 aromatic rings. The van der Waals surface area contributed by atoms with Crippen molar-refractivity contribution in [3.05, 3.63) is 35.9 Å². The van der Waals surface area contributed by atoms with Gasteiger partial charge in [-0.2, -0.15) is 0 Å². The second kappa shape index (κ2) is 5.22. The molecular weight excluding hydrogens is 206 g/mol. The predicted octanol–water partition coefficient (Wildman–Crippen LogP) is 3.81. The Morgan fingerprint density at radius 2 is 1.53 bits per heavy atom. The first kappa shape index (κ1) is 11.3. The third-order valence-electron chi connectivity index (χ3n) is 4.57. The van der Waals surface area contributed by atoms with Gasteiger partial charge in [0.25, 0.3) is 0 Å². The van der Waals surface area contributed by atoms with Crippen LogP contribution < -0.4 is 0 Å². The number of rotatable bonds is 2. The summed E-state index contributed by atoms with van der Waals surface area (Å²) in [5, 5.41) is 0. The first-order valence-electron chi connectivity index (χ1n) is 7.24. The van der Waals surface area contributed by atoms with E-state index in [1.807, 2.05) is 0 Å². The highest BCUT2D eigenvalue weighted by Crippen LogP contribution is 2.37. The molecule has 2 unspecified atom stereocenters. The quantitative estimate of drug-likeness (QED) is 0.745. The van der Waals surface area contributed by atoms with E-state index in [9.17, 15) is 0 Å². The monoisotopic (exact) mass is 229 g/mol. The van der Waals surface area contributed by atoms with Gasteiger partial charge < -0.3 is 0 Å². The minimum absolute atomic E-state index is 0.794. The van der Waals surface area contributed by atoms with E-state index >= 15 is 0 Å². The van der Waals surface area contributed by atoms with Crippen LogP contribution in [0.3, 0.4) is 0 Å². The van der Waals surface area contributed by atoms with Crippen LogP contribution in [0.2, 0.25) is 0 Å². The van der Waals surface area contributed by atoms with E-state index in [0.717, 1.165) is 12.0 Å². The van der Waals surface area contributed by atoms with Crippen molar-refractivity contribution in [3.8, 4) is 0 Å². The SMILES string of the molecule is c1ccc(C2CCCCC2N2CCCC2)cc1. The first-order chi connectivity index (χ1) is 8.45. The van der Waals surface area contributed by atoms with Gasteiger partial charge >= 0.3 is 0 Å². The highest BCUT2D eigenvalue weighted by molar-refractivity contribution is 5.22. The summed E-state index contributed by atoms with van der Waals surface area (Å²) in [5.74, 6) is 0.794. The Hall–Kier alpha value is -0.820. The van der Waals surface area contributed by atoms with Crippen LogP contribution in [-0.4, -0.2) is 24.0 Å². The van der Waals surface area contributed by atoms with Gasteiger partial charge in [-0.1, -0.05) is 43.2 Å². The lowest BCUT2D eigenvalue weighted by atomic mass is 9.79. The van der Waals surface area contributed by atoms with Crippen molar-refractivity contribution >= 4 is 0 Å². The van der Waals surface area contributed by atoms with Crippen molar-refractivity contribution in [1.82, 2.24) is 4.90 Å². The summed E-state index contributed by atoms with van der Waals surface area (Å²) in [6.07, 6.45) is 8.50. The predicted molar refractivity (Wildman–Crippen MR) is 72.2 cm³/mol. The molecule has 0 spiro atoms. The second-order valence-electron chi connectivity index (χ2n) is 5.61. The van der Waals surface area contributed by atoms with Crippen LogP contribution in [0.1, 0.15) is 50.0 Å². The first-order valence-corrected chi connectivity index (χ1v) is 7.24. The molecule has 0 N–H and O–H groups in total. The fourth-order valence-corrected chi connectivity index (χ4v) is 3.71. The second-order valence-corrected chi connectivity index (χ2v) is 5.61. The van der Waals surface area contributed by atoms with E-state index in [1.165, 1.54) is 51.6 Å². The molecule has 0 radical (unpaired) electrons. The van der Waals surface area contributed by atoms with E-state index in [4.69, 9.17) is 0 Å². The number of likely N-dealkylation sites (tertiary alicyclic amines) is 1. The molecule has 1 aliphatic carbocycles. The standard InChI is InChI=1S/C16H23N/c1-2-8-14(9-3-1)15-10-4-5-11-16(15)17-12-6-7-13-17/h1-3,8-9,15-16H,4-7,10-13H2. The molecule has 0 amide bonds. The van der Waals surface area contributed by atoms with Gasteiger partial charge in [0, 0.05) is 6.04 Å². The Morgan fingerprint density at radius 1 is 0.824 bits per heavy atom. The fraction of sp³-hybridized carbons (Fsp3) is 0.625. The number of hydrogen-bond donors (Lipinski definition) is 0. The van der Waals surface area contributed by atoms with Crippen LogP contribution in [0.15, 0.2) is 30.3 Å². The third kappa shape index (κ3) is 2.40. The van der Waals surface area contributed by atoms with Gasteiger partial charge in [-0.15, -0.1) is 0 Å². The molecule has 2 aliphatic rings. The highest BCUT2D eigenvalue weighted by atomic mass is 15.2. The van der Waals surface area contributed by atoms with Crippen molar-refractivity contribution in [2.75, 3.05) is 13.1 Å². The van der Waals surface area contributed by atoms with E-state index in [1.54, 1.807) is 5.56 Å². The zero-order valence-corrected chi connectivity index (χ0v) is 10.6. The van der Waals surface area contributed by atoms with Crippen LogP contribution in [0.5, 0.6) is 0 Å². The molecule has 0 aromatic heterocycles. The lowest BCUT2D eigenvalue weighted by Gasteiger charge is -2.38. The molecule has 3 rings (SSSR count). The van der Waals surface area contributed by atoms with Crippen molar-refractivity contribution in [2.24, 2.45) is 0 Å².